The zero-order valence-corrected chi connectivity index (χ0v) is 13.0. The maximum absolute atomic E-state index is 12.3. The number of nitrogens with one attached hydrogen (secondary N) is 1. The van der Waals surface area contributed by atoms with Crippen molar-refractivity contribution in [2.24, 2.45) is 0 Å². The molecular formula is C13H14N2O4S2. The van der Waals surface area contributed by atoms with Gasteiger partial charge in [-0.3, -0.25) is 4.98 Å². The average molecular weight is 326 g/mol. The Kier molecular flexibility index (Phi) is 4.40. The molecule has 21 heavy (non-hydrogen) atoms. The van der Waals surface area contributed by atoms with Gasteiger partial charge in [0.1, 0.15) is 9.09 Å². The molecule has 0 aliphatic rings. The van der Waals surface area contributed by atoms with Crippen LogP contribution in [0.2, 0.25) is 0 Å². The molecule has 0 radical (unpaired) electrons. The van der Waals surface area contributed by atoms with Crippen LogP contribution < -0.4 is 4.72 Å². The van der Waals surface area contributed by atoms with E-state index in [1.807, 2.05) is 0 Å². The molecule has 0 bridgehead atoms. The van der Waals surface area contributed by atoms with Crippen molar-refractivity contribution in [1.82, 2.24) is 9.71 Å². The van der Waals surface area contributed by atoms with Crippen LogP contribution in [-0.2, 0) is 10.0 Å². The maximum atomic E-state index is 12.3. The number of thiophene rings is 1. The number of carboxylic acid groups (broad SMARTS) is 1. The van der Waals surface area contributed by atoms with Gasteiger partial charge in [0, 0.05) is 18.4 Å². The summed E-state index contributed by atoms with van der Waals surface area (Å²) in [5, 5.41) is 8.99. The summed E-state index contributed by atoms with van der Waals surface area (Å²) in [6.07, 6.45) is 3.16. The minimum absolute atomic E-state index is 0.00157. The number of pyridine rings is 1. The Morgan fingerprint density at radius 2 is 2.00 bits per heavy atom. The van der Waals surface area contributed by atoms with Crippen LogP contribution in [0.25, 0.3) is 0 Å². The van der Waals surface area contributed by atoms with Crippen LogP contribution >= 0.6 is 11.3 Å². The number of hydrogen-bond donors (Lipinski definition) is 2. The highest BCUT2D eigenvalue weighted by molar-refractivity contribution is 7.91. The van der Waals surface area contributed by atoms with Gasteiger partial charge < -0.3 is 5.11 Å². The standard InChI is InChI=1S/C13H14N2O4S2/c1-8-7-11(20-12(8)13(16)17)21(18,19)15-9(2)10-3-5-14-6-4-10/h3-7,9,15H,1-2H3,(H,16,17)/t9-/m1/s1. The molecule has 112 valence electrons. The fourth-order valence-corrected chi connectivity index (χ4v) is 4.44. The zero-order valence-electron chi connectivity index (χ0n) is 11.4. The number of carbonyl (C=O) groups is 1. The van der Waals surface area contributed by atoms with Crippen LogP contribution in [0, 0.1) is 6.92 Å². The largest absolute Gasteiger partial charge is 0.477 e. The van der Waals surface area contributed by atoms with E-state index in [1.165, 1.54) is 6.07 Å². The molecule has 0 aliphatic heterocycles. The van der Waals surface area contributed by atoms with Crippen molar-refractivity contribution in [3.8, 4) is 0 Å². The molecule has 2 aromatic heterocycles. The highest BCUT2D eigenvalue weighted by Gasteiger charge is 2.23. The normalized spacial score (nSPS) is 13.0. The Balaban J connectivity index is 2.27. The van der Waals surface area contributed by atoms with E-state index in [1.54, 1.807) is 38.4 Å². The smallest absolute Gasteiger partial charge is 0.346 e. The molecule has 2 rings (SSSR count). The third-order valence-electron chi connectivity index (χ3n) is 2.89. The molecule has 2 aromatic rings. The second kappa shape index (κ2) is 5.92. The first-order chi connectivity index (χ1) is 9.81. The summed E-state index contributed by atoms with van der Waals surface area (Å²) >= 11 is 0.749. The Hall–Kier alpha value is -1.77. The van der Waals surface area contributed by atoms with Gasteiger partial charge in [-0.1, -0.05) is 0 Å². The van der Waals surface area contributed by atoms with Crippen molar-refractivity contribution in [3.63, 3.8) is 0 Å². The second-order valence-corrected chi connectivity index (χ2v) is 7.50. The van der Waals surface area contributed by atoms with Crippen LogP contribution in [0.3, 0.4) is 0 Å². The van der Waals surface area contributed by atoms with E-state index >= 15 is 0 Å². The zero-order chi connectivity index (χ0) is 15.6. The van der Waals surface area contributed by atoms with Crippen LogP contribution in [-0.4, -0.2) is 24.5 Å². The lowest BCUT2D eigenvalue weighted by Gasteiger charge is -2.13. The molecule has 8 heteroatoms. The average Bonchev–Trinajstić information content (AvgIpc) is 2.82. The van der Waals surface area contributed by atoms with Gasteiger partial charge in [0.15, 0.2) is 0 Å². The Bertz CT molecular complexity index is 754. The molecule has 0 unspecified atom stereocenters. The third kappa shape index (κ3) is 3.46. The van der Waals surface area contributed by atoms with Crippen molar-refractivity contribution in [2.45, 2.75) is 24.1 Å². The number of hydrogen-bond acceptors (Lipinski definition) is 5. The van der Waals surface area contributed by atoms with Gasteiger partial charge >= 0.3 is 5.97 Å². The number of aromatic carboxylic acids is 1. The van der Waals surface area contributed by atoms with Gasteiger partial charge in [-0.2, -0.15) is 0 Å². The third-order valence-corrected chi connectivity index (χ3v) is 6.13. The molecule has 2 heterocycles. The summed E-state index contributed by atoms with van der Waals surface area (Å²) in [5.74, 6) is -1.12. The van der Waals surface area contributed by atoms with E-state index in [-0.39, 0.29) is 9.09 Å². The van der Waals surface area contributed by atoms with E-state index < -0.39 is 22.0 Å². The lowest BCUT2D eigenvalue weighted by molar-refractivity contribution is 0.0701. The van der Waals surface area contributed by atoms with Crippen molar-refractivity contribution < 1.29 is 18.3 Å². The number of carboxylic acids is 1. The van der Waals surface area contributed by atoms with E-state index in [4.69, 9.17) is 5.11 Å². The topological polar surface area (TPSA) is 96.4 Å². The Labute approximate surface area is 126 Å². The SMILES string of the molecule is Cc1cc(S(=O)(=O)N[C@H](C)c2ccncc2)sc1C(=O)O. The summed E-state index contributed by atoms with van der Waals surface area (Å²) in [4.78, 5) is 14.9. The minimum atomic E-state index is -3.76. The number of aryl methyl sites for hydroxylation is 1. The Morgan fingerprint density at radius 1 is 1.38 bits per heavy atom. The van der Waals surface area contributed by atoms with Crippen molar-refractivity contribution >= 4 is 27.3 Å². The van der Waals surface area contributed by atoms with Gasteiger partial charge in [-0.25, -0.2) is 17.9 Å². The van der Waals surface area contributed by atoms with Gasteiger partial charge in [-0.05, 0) is 43.2 Å². The van der Waals surface area contributed by atoms with E-state index in [0.29, 0.717) is 5.56 Å². The molecule has 0 spiro atoms. The number of nitrogens with zero attached hydrogens (tertiary/aromatic N) is 1. The van der Waals surface area contributed by atoms with Crippen molar-refractivity contribution in [1.29, 1.82) is 0 Å². The van der Waals surface area contributed by atoms with Crippen LogP contribution in [0.4, 0.5) is 0 Å². The maximum Gasteiger partial charge on any atom is 0.346 e. The monoisotopic (exact) mass is 326 g/mol. The summed E-state index contributed by atoms with van der Waals surface area (Å²) in [7, 11) is -3.76. The first-order valence-electron chi connectivity index (χ1n) is 6.07. The summed E-state index contributed by atoms with van der Waals surface area (Å²) in [6, 6.07) is 4.37. The van der Waals surface area contributed by atoms with E-state index in [2.05, 4.69) is 9.71 Å². The van der Waals surface area contributed by atoms with Gasteiger partial charge in [0.2, 0.25) is 0 Å². The fraction of sp³-hybridized carbons (Fsp3) is 0.231. The molecule has 0 aromatic carbocycles. The Morgan fingerprint density at radius 3 is 2.52 bits per heavy atom. The molecule has 0 amide bonds. The lowest BCUT2D eigenvalue weighted by Crippen LogP contribution is -2.26. The fourth-order valence-electron chi connectivity index (χ4n) is 1.81. The second-order valence-electron chi connectivity index (χ2n) is 4.51. The molecule has 0 saturated heterocycles. The predicted octanol–water partition coefficient (Wildman–Crippen LogP) is 2.19. The molecule has 0 aliphatic carbocycles. The molecule has 1 atom stereocenters. The number of rotatable bonds is 5. The first kappa shape index (κ1) is 15.6. The van der Waals surface area contributed by atoms with Gasteiger partial charge in [0.25, 0.3) is 10.0 Å². The summed E-state index contributed by atoms with van der Waals surface area (Å²) in [6.45, 7) is 3.29. The molecule has 6 nitrogen and oxygen atoms in total. The lowest BCUT2D eigenvalue weighted by atomic mass is 10.1. The van der Waals surface area contributed by atoms with E-state index in [0.717, 1.165) is 16.9 Å². The highest BCUT2D eigenvalue weighted by atomic mass is 32.2. The van der Waals surface area contributed by atoms with Crippen molar-refractivity contribution in [3.05, 3.63) is 46.6 Å². The quantitative estimate of drug-likeness (QED) is 0.878. The molecule has 2 N–H and O–H groups in total. The summed E-state index contributed by atoms with van der Waals surface area (Å²) < 4.78 is 27.1. The van der Waals surface area contributed by atoms with Gasteiger partial charge in [-0.15, -0.1) is 11.3 Å². The van der Waals surface area contributed by atoms with E-state index in [9.17, 15) is 13.2 Å². The molecular weight excluding hydrogens is 312 g/mol. The highest BCUT2D eigenvalue weighted by Crippen LogP contribution is 2.27. The van der Waals surface area contributed by atoms with Crippen LogP contribution in [0.5, 0.6) is 0 Å². The number of sulfonamides is 1. The molecule has 0 saturated carbocycles. The van der Waals surface area contributed by atoms with Crippen LogP contribution in [0.15, 0.2) is 34.8 Å². The van der Waals surface area contributed by atoms with Crippen molar-refractivity contribution in [2.75, 3.05) is 0 Å². The minimum Gasteiger partial charge on any atom is -0.477 e. The summed E-state index contributed by atoms with van der Waals surface area (Å²) in [5.41, 5.74) is 1.21. The first-order valence-corrected chi connectivity index (χ1v) is 8.37. The number of aromatic nitrogens is 1. The predicted molar refractivity (Wildman–Crippen MR) is 79.0 cm³/mol. The van der Waals surface area contributed by atoms with Crippen LogP contribution in [0.1, 0.15) is 33.8 Å². The molecule has 0 fully saturated rings. The van der Waals surface area contributed by atoms with Gasteiger partial charge in [0.05, 0.1) is 0 Å².